The highest BCUT2D eigenvalue weighted by Gasteiger charge is 2.18. The molecule has 3 nitrogen and oxygen atoms in total. The minimum absolute atomic E-state index is 0.374. The number of halogens is 1. The van der Waals surface area contributed by atoms with Crippen LogP contribution < -0.4 is 5.46 Å². The van der Waals surface area contributed by atoms with Crippen LogP contribution in [0.1, 0.15) is 10.4 Å². The molecule has 0 bridgehead atoms. The van der Waals surface area contributed by atoms with Crippen molar-refractivity contribution >= 4 is 30.5 Å². The van der Waals surface area contributed by atoms with Crippen molar-refractivity contribution in [1.29, 1.82) is 0 Å². The lowest BCUT2D eigenvalue weighted by Crippen LogP contribution is -2.35. The third kappa shape index (κ3) is 2.31. The lowest BCUT2D eigenvalue weighted by molar-refractivity contribution is 0.112. The third-order valence-electron chi connectivity index (χ3n) is 1.67. The molecule has 0 fully saturated rings. The Morgan fingerprint density at radius 3 is 2.85 bits per heavy atom. The molecule has 68 valence electrons. The number of benzene rings is 1. The number of hydrogen-bond acceptors (Lipinski definition) is 3. The highest BCUT2D eigenvalue weighted by atomic mass is 35.5. The molecule has 0 saturated heterocycles. The Hall–Kier alpha value is -0.835. The molecule has 1 N–H and O–H groups in total. The van der Waals surface area contributed by atoms with Crippen LogP contribution in [-0.4, -0.2) is 25.5 Å². The van der Waals surface area contributed by atoms with Crippen LogP contribution in [0, 0.1) is 0 Å². The van der Waals surface area contributed by atoms with E-state index < -0.39 is 7.12 Å². The topological polar surface area (TPSA) is 46.5 Å². The van der Waals surface area contributed by atoms with Crippen LogP contribution in [0.4, 0.5) is 0 Å². The number of aldehydes is 1. The number of carbonyl (C=O) groups excluding carboxylic acids is 1. The summed E-state index contributed by atoms with van der Waals surface area (Å²) in [5.74, 6) is 0. The van der Waals surface area contributed by atoms with E-state index in [1.54, 1.807) is 6.07 Å². The molecule has 0 unspecified atom stereocenters. The van der Waals surface area contributed by atoms with Crippen LogP contribution in [-0.2, 0) is 4.65 Å². The van der Waals surface area contributed by atoms with Crippen molar-refractivity contribution in [1.82, 2.24) is 0 Å². The third-order valence-corrected chi connectivity index (χ3v) is 1.90. The van der Waals surface area contributed by atoms with E-state index in [-0.39, 0.29) is 0 Å². The summed E-state index contributed by atoms with van der Waals surface area (Å²) in [7, 11) is 0.235. The first-order valence-electron chi connectivity index (χ1n) is 3.64. The van der Waals surface area contributed by atoms with E-state index in [1.165, 1.54) is 19.2 Å². The van der Waals surface area contributed by atoms with Crippen molar-refractivity contribution in [2.75, 3.05) is 7.11 Å². The summed E-state index contributed by atoms with van der Waals surface area (Å²) in [6.07, 6.45) is 0.647. The van der Waals surface area contributed by atoms with E-state index >= 15 is 0 Å². The van der Waals surface area contributed by atoms with Crippen LogP contribution in [0.15, 0.2) is 18.2 Å². The van der Waals surface area contributed by atoms with Gasteiger partial charge in [0.05, 0.1) is 0 Å². The fraction of sp³-hybridized carbons (Fsp3) is 0.125. The van der Waals surface area contributed by atoms with E-state index in [0.717, 1.165) is 0 Å². The molecular formula is C8H8BClO3. The van der Waals surface area contributed by atoms with Gasteiger partial charge in [-0.1, -0.05) is 17.7 Å². The molecule has 0 spiro atoms. The van der Waals surface area contributed by atoms with Gasteiger partial charge >= 0.3 is 7.12 Å². The number of carbonyl (C=O) groups is 1. The molecule has 0 aromatic heterocycles. The molecule has 1 rings (SSSR count). The van der Waals surface area contributed by atoms with E-state index in [2.05, 4.69) is 4.65 Å². The largest absolute Gasteiger partial charge is 0.491 e. The zero-order valence-corrected chi connectivity index (χ0v) is 7.78. The normalized spacial score (nSPS) is 9.77. The molecule has 0 saturated carbocycles. The molecular weight excluding hydrogens is 190 g/mol. The van der Waals surface area contributed by atoms with Crippen LogP contribution in [0.2, 0.25) is 5.02 Å². The fourth-order valence-electron chi connectivity index (χ4n) is 0.994. The molecule has 5 heteroatoms. The monoisotopic (exact) mass is 198 g/mol. The molecule has 1 aromatic carbocycles. The van der Waals surface area contributed by atoms with E-state index in [1.807, 2.05) is 0 Å². The van der Waals surface area contributed by atoms with Crippen LogP contribution in [0.5, 0.6) is 0 Å². The molecule has 0 heterocycles. The SMILES string of the molecule is COB(O)c1cc(Cl)ccc1C=O. The van der Waals surface area contributed by atoms with Gasteiger partial charge in [0.25, 0.3) is 0 Å². The van der Waals surface area contributed by atoms with Crippen LogP contribution >= 0.6 is 11.6 Å². The van der Waals surface area contributed by atoms with Crippen molar-refractivity contribution in [2.45, 2.75) is 0 Å². The molecule has 0 aliphatic heterocycles. The van der Waals surface area contributed by atoms with Crippen molar-refractivity contribution in [3.63, 3.8) is 0 Å². The zero-order valence-electron chi connectivity index (χ0n) is 7.03. The van der Waals surface area contributed by atoms with E-state index in [4.69, 9.17) is 11.6 Å². The highest BCUT2D eigenvalue weighted by molar-refractivity contribution is 6.61. The molecule has 0 aliphatic rings. The van der Waals surface area contributed by atoms with Gasteiger partial charge in [-0.05, 0) is 17.6 Å². The van der Waals surface area contributed by atoms with E-state index in [9.17, 15) is 9.82 Å². The van der Waals surface area contributed by atoms with Gasteiger partial charge in [0.1, 0.15) is 6.29 Å². The Balaban J connectivity index is 3.15. The van der Waals surface area contributed by atoms with Gasteiger partial charge < -0.3 is 9.68 Å². The maximum absolute atomic E-state index is 10.5. The summed E-state index contributed by atoms with van der Waals surface area (Å²) in [5.41, 5.74) is 0.753. The second-order valence-corrected chi connectivity index (χ2v) is 2.92. The first-order chi connectivity index (χ1) is 6.19. The minimum Gasteiger partial charge on any atom is -0.423 e. The first-order valence-corrected chi connectivity index (χ1v) is 4.02. The summed E-state index contributed by atoms with van der Waals surface area (Å²) >= 11 is 5.69. The zero-order chi connectivity index (χ0) is 9.84. The summed E-state index contributed by atoms with van der Waals surface area (Å²) in [6.45, 7) is 0. The summed E-state index contributed by atoms with van der Waals surface area (Å²) in [6, 6.07) is 4.61. The number of hydrogen-bond donors (Lipinski definition) is 1. The Labute approximate surface area is 81.4 Å². The van der Waals surface area contributed by atoms with Gasteiger partial charge in [-0.15, -0.1) is 0 Å². The Kier molecular flexibility index (Phi) is 3.48. The second-order valence-electron chi connectivity index (χ2n) is 2.48. The summed E-state index contributed by atoms with van der Waals surface area (Å²) in [4.78, 5) is 10.5. The van der Waals surface area contributed by atoms with Crippen molar-refractivity contribution in [2.24, 2.45) is 0 Å². The molecule has 0 amide bonds. The predicted molar refractivity (Wildman–Crippen MR) is 51.5 cm³/mol. The molecule has 0 radical (unpaired) electrons. The van der Waals surface area contributed by atoms with E-state index in [0.29, 0.717) is 22.3 Å². The average Bonchev–Trinajstić information content (AvgIpc) is 2.16. The average molecular weight is 198 g/mol. The molecule has 13 heavy (non-hydrogen) atoms. The first kappa shape index (κ1) is 10.2. The van der Waals surface area contributed by atoms with Gasteiger partial charge in [0.2, 0.25) is 0 Å². The smallest absolute Gasteiger partial charge is 0.423 e. The highest BCUT2D eigenvalue weighted by Crippen LogP contribution is 2.07. The second kappa shape index (κ2) is 4.41. The lowest BCUT2D eigenvalue weighted by Gasteiger charge is -2.06. The van der Waals surface area contributed by atoms with Crippen LogP contribution in [0.3, 0.4) is 0 Å². The van der Waals surface area contributed by atoms with Crippen LogP contribution in [0.25, 0.3) is 0 Å². The van der Waals surface area contributed by atoms with Gasteiger partial charge in [0, 0.05) is 17.7 Å². The predicted octanol–water partition coefficient (Wildman–Crippen LogP) is 0.486. The Morgan fingerprint density at radius 2 is 2.31 bits per heavy atom. The maximum Gasteiger partial charge on any atom is 0.491 e. The Bertz CT molecular complexity index is 316. The maximum atomic E-state index is 10.5. The molecule has 0 aliphatic carbocycles. The summed E-state index contributed by atoms with van der Waals surface area (Å²) in [5, 5.41) is 9.78. The lowest BCUT2D eigenvalue weighted by atomic mass is 9.77. The van der Waals surface area contributed by atoms with Gasteiger partial charge in [-0.2, -0.15) is 0 Å². The van der Waals surface area contributed by atoms with Gasteiger partial charge in [-0.3, -0.25) is 4.79 Å². The standard InChI is InChI=1S/C8H8BClO3/c1-13-9(12)8-4-7(10)3-2-6(8)5-11/h2-5,12H,1H3. The van der Waals surface area contributed by atoms with Crippen molar-refractivity contribution < 1.29 is 14.5 Å². The van der Waals surface area contributed by atoms with Gasteiger partial charge in [0.15, 0.2) is 0 Å². The number of rotatable bonds is 3. The fourth-order valence-corrected chi connectivity index (χ4v) is 1.17. The Morgan fingerprint density at radius 1 is 1.62 bits per heavy atom. The quantitative estimate of drug-likeness (QED) is 0.568. The van der Waals surface area contributed by atoms with Crippen molar-refractivity contribution in [3.05, 3.63) is 28.8 Å². The van der Waals surface area contributed by atoms with Gasteiger partial charge in [-0.25, -0.2) is 0 Å². The molecule has 0 atom stereocenters. The molecule has 1 aromatic rings. The minimum atomic E-state index is -1.11. The summed E-state index contributed by atoms with van der Waals surface area (Å²) < 4.78 is 4.67. The van der Waals surface area contributed by atoms with Crippen molar-refractivity contribution in [3.8, 4) is 0 Å².